The predicted octanol–water partition coefficient (Wildman–Crippen LogP) is 2.99. The van der Waals surface area contributed by atoms with Gasteiger partial charge in [-0.25, -0.2) is 4.98 Å². The van der Waals surface area contributed by atoms with Gasteiger partial charge in [-0.15, -0.1) is 0 Å². The van der Waals surface area contributed by atoms with Crippen LogP contribution in [0.5, 0.6) is 0 Å². The monoisotopic (exact) mass is 341 g/mol. The zero-order chi connectivity index (χ0) is 16.9. The van der Waals surface area contributed by atoms with Crippen LogP contribution in [0, 0.1) is 0 Å². The van der Waals surface area contributed by atoms with Crippen molar-refractivity contribution < 1.29 is 9.90 Å². The second-order valence-corrected chi connectivity index (χ2v) is 5.71. The van der Waals surface area contributed by atoms with Gasteiger partial charge in [0.05, 0.1) is 11.7 Å². The Bertz CT molecular complexity index is 799. The fourth-order valence-corrected chi connectivity index (χ4v) is 2.38. The standard InChI is InChI=1S/C18H16ClN3O2/c19-15-6-3-13(4-7-15)16(23)12-21-18(24)14-5-8-17(20-11-14)22-9-1-2-10-22/h1-11,16,23H,12H2,(H,21,24). The zero-order valence-electron chi connectivity index (χ0n) is 12.8. The highest BCUT2D eigenvalue weighted by atomic mass is 35.5. The van der Waals surface area contributed by atoms with Crippen LogP contribution in [0.3, 0.4) is 0 Å². The summed E-state index contributed by atoms with van der Waals surface area (Å²) in [6.45, 7) is 0.111. The number of rotatable bonds is 5. The molecule has 0 aliphatic heterocycles. The number of nitrogens with zero attached hydrogens (tertiary/aromatic N) is 2. The first-order valence-corrected chi connectivity index (χ1v) is 7.82. The minimum atomic E-state index is -0.793. The van der Waals surface area contributed by atoms with Crippen LogP contribution in [0.4, 0.5) is 0 Å². The molecular weight excluding hydrogens is 326 g/mol. The van der Waals surface area contributed by atoms with Gasteiger partial charge in [0.15, 0.2) is 0 Å². The lowest BCUT2D eigenvalue weighted by Gasteiger charge is -2.12. The van der Waals surface area contributed by atoms with Gasteiger partial charge in [0, 0.05) is 30.2 Å². The second kappa shape index (κ2) is 7.29. The van der Waals surface area contributed by atoms with Crippen molar-refractivity contribution in [3.05, 3.63) is 83.3 Å². The summed E-state index contributed by atoms with van der Waals surface area (Å²) in [7, 11) is 0. The SMILES string of the molecule is O=C(NCC(O)c1ccc(Cl)cc1)c1ccc(-n2cccc2)nc1. The van der Waals surface area contributed by atoms with Gasteiger partial charge < -0.3 is 15.0 Å². The molecule has 0 aliphatic rings. The Kier molecular flexibility index (Phi) is 4.93. The number of amides is 1. The van der Waals surface area contributed by atoms with Gasteiger partial charge in [0.1, 0.15) is 5.82 Å². The number of pyridine rings is 1. The lowest BCUT2D eigenvalue weighted by molar-refractivity contribution is 0.0916. The summed E-state index contributed by atoms with van der Waals surface area (Å²) < 4.78 is 1.85. The van der Waals surface area contributed by atoms with E-state index in [0.717, 1.165) is 5.82 Å². The molecule has 0 spiro atoms. The van der Waals surface area contributed by atoms with Crippen molar-refractivity contribution >= 4 is 17.5 Å². The average molecular weight is 342 g/mol. The van der Waals surface area contributed by atoms with Crippen LogP contribution in [0.25, 0.3) is 5.82 Å². The molecule has 0 saturated heterocycles. The number of carbonyl (C=O) groups is 1. The van der Waals surface area contributed by atoms with Crippen molar-refractivity contribution in [2.24, 2.45) is 0 Å². The summed E-state index contributed by atoms with van der Waals surface area (Å²) in [5, 5.41) is 13.4. The third-order valence-electron chi connectivity index (χ3n) is 3.59. The largest absolute Gasteiger partial charge is 0.387 e. The Morgan fingerprint density at radius 2 is 1.88 bits per heavy atom. The quantitative estimate of drug-likeness (QED) is 0.749. The molecule has 6 heteroatoms. The molecule has 3 aromatic rings. The molecule has 1 atom stereocenters. The summed E-state index contributed by atoms with van der Waals surface area (Å²) >= 11 is 5.81. The molecule has 5 nitrogen and oxygen atoms in total. The van der Waals surface area contributed by atoms with E-state index in [0.29, 0.717) is 16.1 Å². The number of nitrogens with one attached hydrogen (secondary N) is 1. The van der Waals surface area contributed by atoms with Crippen molar-refractivity contribution in [1.29, 1.82) is 0 Å². The van der Waals surface area contributed by atoms with Crippen LogP contribution in [0.1, 0.15) is 22.0 Å². The first kappa shape index (κ1) is 16.2. The molecule has 1 amide bonds. The summed E-state index contributed by atoms with van der Waals surface area (Å²) in [6.07, 6.45) is 4.48. The van der Waals surface area contributed by atoms with E-state index in [9.17, 15) is 9.90 Å². The molecule has 0 saturated carbocycles. The van der Waals surface area contributed by atoms with Crippen LogP contribution in [0.15, 0.2) is 67.1 Å². The smallest absolute Gasteiger partial charge is 0.252 e. The van der Waals surface area contributed by atoms with E-state index < -0.39 is 6.10 Å². The highest BCUT2D eigenvalue weighted by Crippen LogP contribution is 2.16. The maximum absolute atomic E-state index is 12.1. The average Bonchev–Trinajstić information content (AvgIpc) is 3.15. The Morgan fingerprint density at radius 1 is 1.17 bits per heavy atom. The van der Waals surface area contributed by atoms with Gasteiger partial charge in [-0.3, -0.25) is 4.79 Å². The lowest BCUT2D eigenvalue weighted by atomic mass is 10.1. The molecule has 2 aromatic heterocycles. The molecule has 2 heterocycles. The maximum atomic E-state index is 12.1. The summed E-state index contributed by atoms with van der Waals surface area (Å²) in [6, 6.07) is 14.1. The van der Waals surface area contributed by atoms with Crippen LogP contribution < -0.4 is 5.32 Å². The Labute approximate surface area is 144 Å². The number of aromatic nitrogens is 2. The van der Waals surface area contributed by atoms with Crippen LogP contribution in [-0.4, -0.2) is 27.1 Å². The molecule has 1 unspecified atom stereocenters. The zero-order valence-corrected chi connectivity index (χ0v) is 13.5. The molecule has 2 N–H and O–H groups in total. The van der Waals surface area contributed by atoms with Gasteiger partial charge in [-0.2, -0.15) is 0 Å². The van der Waals surface area contributed by atoms with E-state index in [1.807, 2.05) is 29.1 Å². The number of benzene rings is 1. The van der Waals surface area contributed by atoms with Gasteiger partial charge >= 0.3 is 0 Å². The highest BCUT2D eigenvalue weighted by molar-refractivity contribution is 6.30. The Balaban J connectivity index is 1.59. The predicted molar refractivity (Wildman–Crippen MR) is 92.3 cm³/mol. The summed E-state index contributed by atoms with van der Waals surface area (Å²) in [5.41, 5.74) is 1.13. The van der Waals surface area contributed by atoms with Crippen molar-refractivity contribution in [2.75, 3.05) is 6.54 Å². The maximum Gasteiger partial charge on any atom is 0.252 e. The first-order valence-electron chi connectivity index (χ1n) is 7.44. The van der Waals surface area contributed by atoms with Crippen molar-refractivity contribution in [3.8, 4) is 5.82 Å². The molecule has 0 radical (unpaired) electrons. The van der Waals surface area contributed by atoms with Gasteiger partial charge in [0.2, 0.25) is 0 Å². The topological polar surface area (TPSA) is 67.2 Å². The third kappa shape index (κ3) is 3.82. The number of aliphatic hydroxyl groups is 1. The normalized spacial score (nSPS) is 11.9. The molecule has 24 heavy (non-hydrogen) atoms. The minimum absolute atomic E-state index is 0.111. The number of hydrogen-bond donors (Lipinski definition) is 2. The van der Waals surface area contributed by atoms with Crippen molar-refractivity contribution in [2.45, 2.75) is 6.10 Å². The van der Waals surface area contributed by atoms with E-state index in [-0.39, 0.29) is 12.5 Å². The highest BCUT2D eigenvalue weighted by Gasteiger charge is 2.11. The molecular formula is C18H16ClN3O2. The third-order valence-corrected chi connectivity index (χ3v) is 3.84. The molecule has 0 fully saturated rings. The van der Waals surface area contributed by atoms with E-state index in [1.165, 1.54) is 6.20 Å². The van der Waals surface area contributed by atoms with Gasteiger partial charge in [-0.1, -0.05) is 23.7 Å². The molecule has 122 valence electrons. The molecule has 3 rings (SSSR count). The number of aliphatic hydroxyl groups excluding tert-OH is 1. The van der Waals surface area contributed by atoms with Crippen LogP contribution in [-0.2, 0) is 0 Å². The van der Waals surface area contributed by atoms with Crippen LogP contribution in [0.2, 0.25) is 5.02 Å². The van der Waals surface area contributed by atoms with Gasteiger partial charge in [-0.05, 0) is 42.0 Å². The van der Waals surface area contributed by atoms with E-state index in [4.69, 9.17) is 11.6 Å². The summed E-state index contributed by atoms with van der Waals surface area (Å²) in [5.74, 6) is 0.451. The van der Waals surface area contributed by atoms with E-state index >= 15 is 0 Å². The fourth-order valence-electron chi connectivity index (χ4n) is 2.25. The molecule has 0 aliphatic carbocycles. The van der Waals surface area contributed by atoms with Crippen molar-refractivity contribution in [3.63, 3.8) is 0 Å². The molecule has 1 aromatic carbocycles. The number of hydrogen-bond acceptors (Lipinski definition) is 3. The summed E-state index contributed by atoms with van der Waals surface area (Å²) in [4.78, 5) is 16.4. The number of carbonyl (C=O) groups excluding carboxylic acids is 1. The van der Waals surface area contributed by atoms with Crippen LogP contribution >= 0.6 is 11.6 Å². The minimum Gasteiger partial charge on any atom is -0.387 e. The fraction of sp³-hybridized carbons (Fsp3) is 0.111. The number of halogens is 1. The van der Waals surface area contributed by atoms with E-state index in [1.54, 1.807) is 36.4 Å². The van der Waals surface area contributed by atoms with Crippen molar-refractivity contribution in [1.82, 2.24) is 14.9 Å². The van der Waals surface area contributed by atoms with Gasteiger partial charge in [0.25, 0.3) is 5.91 Å². The Morgan fingerprint density at radius 3 is 2.50 bits per heavy atom. The van der Waals surface area contributed by atoms with E-state index in [2.05, 4.69) is 10.3 Å². The Hall–Kier alpha value is -2.63. The molecule has 0 bridgehead atoms. The lowest BCUT2D eigenvalue weighted by Crippen LogP contribution is -2.28. The first-order chi connectivity index (χ1) is 11.6. The second-order valence-electron chi connectivity index (χ2n) is 5.27.